The first-order chi connectivity index (χ1) is 10.9. The van der Waals surface area contributed by atoms with Crippen LogP contribution in [0.3, 0.4) is 0 Å². The summed E-state index contributed by atoms with van der Waals surface area (Å²) in [6.07, 6.45) is 6.48. The summed E-state index contributed by atoms with van der Waals surface area (Å²) in [4.78, 5) is 0. The molecule has 0 saturated heterocycles. The molecular formula is C18H24O4S. The van der Waals surface area contributed by atoms with E-state index in [9.17, 15) is 8.42 Å². The predicted molar refractivity (Wildman–Crippen MR) is 90.2 cm³/mol. The van der Waals surface area contributed by atoms with Crippen LogP contribution in [0, 0.1) is 5.92 Å². The van der Waals surface area contributed by atoms with Crippen molar-refractivity contribution >= 4 is 10.1 Å². The fourth-order valence-electron chi connectivity index (χ4n) is 4.13. The molecule has 0 spiro atoms. The van der Waals surface area contributed by atoms with Crippen LogP contribution in [0.4, 0.5) is 0 Å². The molecule has 0 amide bonds. The van der Waals surface area contributed by atoms with Gasteiger partial charge in [0.2, 0.25) is 0 Å². The lowest BCUT2D eigenvalue weighted by Crippen LogP contribution is -2.26. The summed E-state index contributed by atoms with van der Waals surface area (Å²) < 4.78 is 33.5. The fourth-order valence-corrected chi connectivity index (χ4v) is 4.61. The van der Waals surface area contributed by atoms with Gasteiger partial charge in [0.05, 0.1) is 12.9 Å². The van der Waals surface area contributed by atoms with Gasteiger partial charge in [0.25, 0.3) is 0 Å². The SMILES string of the molecule is C=C1CCC2c3ccc(OS(C)(=O)=O)c(COC)c3CCC2C1. The molecule has 23 heavy (non-hydrogen) atoms. The lowest BCUT2D eigenvalue weighted by Gasteiger charge is -2.39. The molecule has 0 bridgehead atoms. The highest BCUT2D eigenvalue weighted by molar-refractivity contribution is 7.86. The van der Waals surface area contributed by atoms with Crippen LogP contribution in [0.2, 0.25) is 0 Å². The zero-order valence-corrected chi connectivity index (χ0v) is 14.6. The van der Waals surface area contributed by atoms with Crippen LogP contribution in [-0.4, -0.2) is 21.8 Å². The Hall–Kier alpha value is -1.33. The number of hydrogen-bond acceptors (Lipinski definition) is 4. The summed E-state index contributed by atoms with van der Waals surface area (Å²) in [5.41, 5.74) is 4.82. The number of benzene rings is 1. The van der Waals surface area contributed by atoms with Crippen molar-refractivity contribution < 1.29 is 17.3 Å². The molecule has 1 aromatic rings. The zero-order valence-electron chi connectivity index (χ0n) is 13.8. The largest absolute Gasteiger partial charge is 0.382 e. The summed E-state index contributed by atoms with van der Waals surface area (Å²) in [7, 11) is -1.92. The smallest absolute Gasteiger partial charge is 0.306 e. The Morgan fingerprint density at radius 1 is 1.26 bits per heavy atom. The van der Waals surface area contributed by atoms with Gasteiger partial charge in [-0.05, 0) is 61.1 Å². The van der Waals surface area contributed by atoms with Gasteiger partial charge in [-0.1, -0.05) is 18.2 Å². The number of rotatable bonds is 4. The maximum absolute atomic E-state index is 11.5. The molecule has 2 aliphatic rings. The van der Waals surface area contributed by atoms with Gasteiger partial charge in [0.1, 0.15) is 5.75 Å². The molecule has 2 unspecified atom stereocenters. The minimum absolute atomic E-state index is 0.373. The van der Waals surface area contributed by atoms with Gasteiger partial charge in [-0.15, -0.1) is 0 Å². The van der Waals surface area contributed by atoms with Crippen molar-refractivity contribution in [3.63, 3.8) is 0 Å². The predicted octanol–water partition coefficient (Wildman–Crippen LogP) is 3.56. The van der Waals surface area contributed by atoms with E-state index >= 15 is 0 Å². The molecule has 0 aromatic heterocycles. The molecule has 4 nitrogen and oxygen atoms in total. The van der Waals surface area contributed by atoms with E-state index in [1.165, 1.54) is 16.7 Å². The van der Waals surface area contributed by atoms with Crippen molar-refractivity contribution in [2.75, 3.05) is 13.4 Å². The molecule has 2 aliphatic carbocycles. The lowest BCUT2D eigenvalue weighted by atomic mass is 9.66. The van der Waals surface area contributed by atoms with Crippen molar-refractivity contribution in [3.05, 3.63) is 41.0 Å². The van der Waals surface area contributed by atoms with Gasteiger partial charge in [-0.2, -0.15) is 8.42 Å². The van der Waals surface area contributed by atoms with Gasteiger partial charge in [-0.3, -0.25) is 0 Å². The Morgan fingerprint density at radius 2 is 2.04 bits per heavy atom. The molecule has 3 rings (SSSR count). The summed E-state index contributed by atoms with van der Waals surface area (Å²) in [5.74, 6) is 1.62. The van der Waals surface area contributed by atoms with E-state index in [-0.39, 0.29) is 0 Å². The molecule has 0 radical (unpaired) electrons. The molecule has 0 aliphatic heterocycles. The molecule has 1 fully saturated rings. The van der Waals surface area contributed by atoms with E-state index in [1.54, 1.807) is 13.2 Å². The zero-order chi connectivity index (χ0) is 16.6. The highest BCUT2D eigenvalue weighted by Crippen LogP contribution is 2.48. The lowest BCUT2D eigenvalue weighted by molar-refractivity contribution is 0.181. The first kappa shape index (κ1) is 16.5. The third-order valence-electron chi connectivity index (χ3n) is 5.05. The summed E-state index contributed by atoms with van der Waals surface area (Å²) >= 11 is 0. The second-order valence-corrected chi connectivity index (χ2v) is 8.30. The molecule has 0 heterocycles. The van der Waals surface area contributed by atoms with E-state index in [4.69, 9.17) is 8.92 Å². The van der Waals surface area contributed by atoms with Crippen LogP contribution in [0.25, 0.3) is 0 Å². The van der Waals surface area contributed by atoms with E-state index < -0.39 is 10.1 Å². The average molecular weight is 336 g/mol. The van der Waals surface area contributed by atoms with Gasteiger partial charge in [-0.25, -0.2) is 0 Å². The van der Waals surface area contributed by atoms with Crippen molar-refractivity contribution in [1.82, 2.24) is 0 Å². The van der Waals surface area contributed by atoms with E-state index in [2.05, 4.69) is 12.6 Å². The minimum Gasteiger partial charge on any atom is -0.382 e. The maximum atomic E-state index is 11.5. The summed E-state index contributed by atoms with van der Waals surface area (Å²) in [6, 6.07) is 3.85. The van der Waals surface area contributed by atoms with Gasteiger partial charge in [0, 0.05) is 12.7 Å². The van der Waals surface area contributed by atoms with Crippen LogP contribution in [0.15, 0.2) is 24.3 Å². The summed E-state index contributed by atoms with van der Waals surface area (Å²) in [5, 5.41) is 0. The molecule has 0 N–H and O–H groups in total. The number of hydrogen-bond donors (Lipinski definition) is 0. The fraction of sp³-hybridized carbons (Fsp3) is 0.556. The standard InChI is InChI=1S/C18H24O4S/c1-12-4-6-14-13(10-12)5-7-16-15(14)8-9-18(17(16)11-21-2)22-23(3,19)20/h8-9,13-14H,1,4-7,10-11H2,2-3H3. The number of methoxy groups -OCH3 is 1. The molecule has 2 atom stereocenters. The monoisotopic (exact) mass is 336 g/mol. The van der Waals surface area contributed by atoms with E-state index in [1.807, 2.05) is 0 Å². The molecular weight excluding hydrogens is 312 g/mol. The third-order valence-corrected chi connectivity index (χ3v) is 5.53. The molecule has 1 aromatic carbocycles. The highest BCUT2D eigenvalue weighted by Gasteiger charge is 2.34. The molecule has 126 valence electrons. The first-order valence-electron chi connectivity index (χ1n) is 8.08. The topological polar surface area (TPSA) is 52.6 Å². The highest BCUT2D eigenvalue weighted by atomic mass is 32.2. The Balaban J connectivity index is 2.02. The molecule has 1 saturated carbocycles. The number of ether oxygens (including phenoxy) is 1. The number of allylic oxidation sites excluding steroid dienone is 1. The van der Waals surface area contributed by atoms with E-state index in [0.717, 1.165) is 43.9 Å². The summed E-state index contributed by atoms with van der Waals surface area (Å²) in [6.45, 7) is 4.53. The van der Waals surface area contributed by atoms with Crippen molar-refractivity contribution in [2.45, 2.75) is 44.6 Å². The number of fused-ring (bicyclic) bond motifs is 3. The third kappa shape index (κ3) is 3.45. The average Bonchev–Trinajstić information content (AvgIpc) is 2.47. The normalized spacial score (nSPS) is 24.0. The van der Waals surface area contributed by atoms with Crippen LogP contribution in [0.5, 0.6) is 5.75 Å². The van der Waals surface area contributed by atoms with E-state index in [0.29, 0.717) is 24.2 Å². The van der Waals surface area contributed by atoms with Crippen LogP contribution in [0.1, 0.15) is 48.3 Å². The Bertz CT molecular complexity index is 721. The van der Waals surface area contributed by atoms with Crippen LogP contribution >= 0.6 is 0 Å². The van der Waals surface area contributed by atoms with Crippen LogP contribution < -0.4 is 4.18 Å². The van der Waals surface area contributed by atoms with Crippen LogP contribution in [-0.2, 0) is 27.9 Å². The van der Waals surface area contributed by atoms with Crippen molar-refractivity contribution in [1.29, 1.82) is 0 Å². The molecule has 5 heteroatoms. The first-order valence-corrected chi connectivity index (χ1v) is 9.90. The van der Waals surface area contributed by atoms with Gasteiger partial charge < -0.3 is 8.92 Å². The Morgan fingerprint density at radius 3 is 2.74 bits per heavy atom. The maximum Gasteiger partial charge on any atom is 0.306 e. The van der Waals surface area contributed by atoms with Crippen molar-refractivity contribution in [3.8, 4) is 5.75 Å². The van der Waals surface area contributed by atoms with Gasteiger partial charge >= 0.3 is 10.1 Å². The van der Waals surface area contributed by atoms with Gasteiger partial charge in [0.15, 0.2) is 0 Å². The minimum atomic E-state index is -3.54. The quantitative estimate of drug-likeness (QED) is 0.623. The van der Waals surface area contributed by atoms with Crippen molar-refractivity contribution in [2.24, 2.45) is 5.92 Å². The Kier molecular flexibility index (Phi) is 4.52. The second-order valence-electron chi connectivity index (χ2n) is 6.73. The Labute approximate surface area is 138 Å². The second kappa shape index (κ2) is 6.29.